The molecule has 0 fully saturated rings. The zero-order valence-electron chi connectivity index (χ0n) is 15.1. The van der Waals surface area contributed by atoms with Crippen LogP contribution in [0.3, 0.4) is 0 Å². The summed E-state index contributed by atoms with van der Waals surface area (Å²) >= 11 is 1.37. The number of hydrogen-bond acceptors (Lipinski definition) is 6. The highest BCUT2D eigenvalue weighted by atomic mass is 32.1. The number of rotatable bonds is 7. The number of fused-ring (bicyclic) bond motifs is 1. The van der Waals surface area contributed by atoms with E-state index in [9.17, 15) is 9.59 Å². The number of aromatic nitrogens is 2. The van der Waals surface area contributed by atoms with Gasteiger partial charge in [0.1, 0.15) is 11.9 Å². The van der Waals surface area contributed by atoms with Gasteiger partial charge in [0.05, 0.1) is 16.9 Å². The molecule has 8 heteroatoms. The van der Waals surface area contributed by atoms with Crippen LogP contribution in [0.25, 0.3) is 10.9 Å². The predicted octanol–water partition coefficient (Wildman–Crippen LogP) is 2.54. The zero-order valence-corrected chi connectivity index (χ0v) is 15.9. The molecular formula is C19H21N5O2S. The minimum atomic E-state index is -0.558. The summed E-state index contributed by atoms with van der Waals surface area (Å²) in [5, 5.41) is 8.60. The molecule has 7 nitrogen and oxygen atoms in total. The molecule has 27 heavy (non-hydrogen) atoms. The van der Waals surface area contributed by atoms with Crippen LogP contribution < -0.4 is 16.4 Å². The van der Waals surface area contributed by atoms with Crippen molar-refractivity contribution in [3.05, 3.63) is 52.5 Å². The zero-order chi connectivity index (χ0) is 19.4. The molecule has 3 rings (SSSR count). The minimum Gasteiger partial charge on any atom is -0.368 e. The van der Waals surface area contributed by atoms with Crippen molar-refractivity contribution in [1.29, 1.82) is 0 Å². The van der Waals surface area contributed by atoms with Gasteiger partial charge in [-0.15, -0.1) is 11.3 Å². The van der Waals surface area contributed by atoms with Crippen LogP contribution in [0.1, 0.15) is 29.3 Å². The summed E-state index contributed by atoms with van der Waals surface area (Å²) in [5.41, 5.74) is 6.24. The smallest absolute Gasteiger partial charge is 0.261 e. The molecular weight excluding hydrogens is 362 g/mol. The predicted molar refractivity (Wildman–Crippen MR) is 106 cm³/mol. The number of nitrogens with one attached hydrogen (secondary N) is 2. The molecule has 0 bridgehead atoms. The number of amides is 2. The van der Waals surface area contributed by atoms with Gasteiger partial charge in [-0.2, -0.15) is 0 Å². The summed E-state index contributed by atoms with van der Waals surface area (Å²) < 4.78 is 0. The van der Waals surface area contributed by atoms with Crippen LogP contribution in [-0.4, -0.2) is 27.8 Å². The molecule has 2 amide bonds. The van der Waals surface area contributed by atoms with E-state index >= 15 is 0 Å². The number of anilines is 1. The molecule has 0 unspecified atom stereocenters. The number of para-hydroxylation sites is 1. The molecule has 4 N–H and O–H groups in total. The quantitative estimate of drug-likeness (QED) is 0.581. The van der Waals surface area contributed by atoms with Gasteiger partial charge in [0.15, 0.2) is 5.82 Å². The molecule has 1 aromatic carbocycles. The first kappa shape index (κ1) is 18.8. The molecule has 0 aliphatic carbocycles. The molecule has 0 aliphatic heterocycles. The Morgan fingerprint density at radius 3 is 2.59 bits per heavy atom. The molecule has 0 aliphatic rings. The average Bonchev–Trinajstić information content (AvgIpc) is 3.18. The largest absolute Gasteiger partial charge is 0.368 e. The number of thiophene rings is 1. The second kappa shape index (κ2) is 8.13. The summed E-state index contributed by atoms with van der Waals surface area (Å²) in [5.74, 6) is 0.360. The van der Waals surface area contributed by atoms with Gasteiger partial charge in [0.25, 0.3) is 5.91 Å². The van der Waals surface area contributed by atoms with E-state index in [1.165, 1.54) is 11.3 Å². The van der Waals surface area contributed by atoms with E-state index in [-0.39, 0.29) is 18.4 Å². The van der Waals surface area contributed by atoms with E-state index in [1.807, 2.05) is 49.6 Å². The highest BCUT2D eigenvalue weighted by Gasteiger charge is 2.21. The second-order valence-electron chi connectivity index (χ2n) is 6.43. The number of carbonyl (C=O) groups excluding carboxylic acids is 2. The fourth-order valence-corrected chi connectivity index (χ4v) is 3.32. The van der Waals surface area contributed by atoms with E-state index in [1.54, 1.807) is 6.07 Å². The number of hydrogen-bond donors (Lipinski definition) is 3. The molecule has 3 aromatic rings. The van der Waals surface area contributed by atoms with Crippen LogP contribution in [-0.2, 0) is 11.3 Å². The third-order valence-electron chi connectivity index (χ3n) is 4.07. The lowest BCUT2D eigenvalue weighted by Crippen LogP contribution is -2.40. The van der Waals surface area contributed by atoms with Crippen molar-refractivity contribution < 1.29 is 9.59 Å². The van der Waals surface area contributed by atoms with Crippen molar-refractivity contribution in [3.63, 3.8) is 0 Å². The molecule has 0 radical (unpaired) electrons. The van der Waals surface area contributed by atoms with Crippen molar-refractivity contribution >= 4 is 39.9 Å². The SMILES string of the molecule is CC(C)[C@H](Nc1nc(CNC(=O)c2cccs2)nc2ccccc12)C(N)=O. The lowest BCUT2D eigenvalue weighted by atomic mass is 10.0. The molecule has 0 saturated carbocycles. The first-order chi connectivity index (χ1) is 13.0. The molecule has 140 valence electrons. The lowest BCUT2D eigenvalue weighted by Gasteiger charge is -2.21. The number of primary amides is 1. The van der Waals surface area contributed by atoms with Crippen LogP contribution in [0.2, 0.25) is 0 Å². The van der Waals surface area contributed by atoms with Crippen molar-refractivity contribution in [2.24, 2.45) is 11.7 Å². The molecule has 2 aromatic heterocycles. The van der Waals surface area contributed by atoms with E-state index in [4.69, 9.17) is 5.73 Å². The Bertz CT molecular complexity index is 956. The first-order valence-corrected chi connectivity index (χ1v) is 9.47. The number of nitrogens with two attached hydrogens (primary N) is 1. The molecule has 2 heterocycles. The highest BCUT2D eigenvalue weighted by Crippen LogP contribution is 2.22. The van der Waals surface area contributed by atoms with Crippen LogP contribution >= 0.6 is 11.3 Å². The maximum Gasteiger partial charge on any atom is 0.261 e. The normalized spacial score (nSPS) is 12.1. The number of benzene rings is 1. The summed E-state index contributed by atoms with van der Waals surface area (Å²) in [6, 6.07) is 10.5. The summed E-state index contributed by atoms with van der Waals surface area (Å²) in [4.78, 5) is 33.6. The Hall–Kier alpha value is -3.00. The Kier molecular flexibility index (Phi) is 5.66. The third-order valence-corrected chi connectivity index (χ3v) is 4.94. The average molecular weight is 383 g/mol. The Labute approximate surface area is 161 Å². The van der Waals surface area contributed by atoms with Crippen LogP contribution in [0.15, 0.2) is 41.8 Å². The van der Waals surface area contributed by atoms with Crippen LogP contribution in [0.4, 0.5) is 5.82 Å². The van der Waals surface area contributed by atoms with E-state index in [0.29, 0.717) is 16.5 Å². The fourth-order valence-electron chi connectivity index (χ4n) is 2.68. The van der Waals surface area contributed by atoms with Crippen molar-refractivity contribution in [3.8, 4) is 0 Å². The van der Waals surface area contributed by atoms with Gasteiger partial charge in [-0.3, -0.25) is 9.59 Å². The number of nitrogens with zero attached hydrogens (tertiary/aromatic N) is 2. The highest BCUT2D eigenvalue weighted by molar-refractivity contribution is 7.12. The Morgan fingerprint density at radius 1 is 1.15 bits per heavy atom. The van der Waals surface area contributed by atoms with Crippen LogP contribution in [0, 0.1) is 5.92 Å². The van der Waals surface area contributed by atoms with Gasteiger partial charge in [0, 0.05) is 5.39 Å². The topological polar surface area (TPSA) is 110 Å². The van der Waals surface area contributed by atoms with Gasteiger partial charge >= 0.3 is 0 Å². The van der Waals surface area contributed by atoms with E-state index in [2.05, 4.69) is 20.6 Å². The monoisotopic (exact) mass is 383 g/mol. The molecule has 1 atom stereocenters. The standard InChI is InChI=1S/C19H21N5O2S/c1-11(2)16(17(20)25)24-18-12-6-3-4-7-13(12)22-15(23-18)10-21-19(26)14-8-5-9-27-14/h3-9,11,16H,10H2,1-2H3,(H2,20,25)(H,21,26)(H,22,23,24)/t16-/m0/s1. The maximum absolute atomic E-state index is 12.2. The first-order valence-electron chi connectivity index (χ1n) is 8.59. The lowest BCUT2D eigenvalue weighted by molar-refractivity contribution is -0.119. The Balaban J connectivity index is 1.88. The summed E-state index contributed by atoms with van der Waals surface area (Å²) in [6.07, 6.45) is 0. The second-order valence-corrected chi connectivity index (χ2v) is 7.38. The molecule has 0 saturated heterocycles. The van der Waals surface area contributed by atoms with Crippen LogP contribution in [0.5, 0.6) is 0 Å². The van der Waals surface area contributed by atoms with Gasteiger partial charge < -0.3 is 16.4 Å². The maximum atomic E-state index is 12.2. The van der Waals surface area contributed by atoms with Gasteiger partial charge in [0.2, 0.25) is 5.91 Å². The summed E-state index contributed by atoms with van der Waals surface area (Å²) in [6.45, 7) is 4.00. The summed E-state index contributed by atoms with van der Waals surface area (Å²) in [7, 11) is 0. The fraction of sp³-hybridized carbons (Fsp3) is 0.263. The van der Waals surface area contributed by atoms with Gasteiger partial charge in [-0.1, -0.05) is 32.0 Å². The molecule has 0 spiro atoms. The van der Waals surface area contributed by atoms with Gasteiger partial charge in [-0.25, -0.2) is 9.97 Å². The van der Waals surface area contributed by atoms with Crippen molar-refractivity contribution in [2.45, 2.75) is 26.4 Å². The van der Waals surface area contributed by atoms with Crippen molar-refractivity contribution in [2.75, 3.05) is 5.32 Å². The van der Waals surface area contributed by atoms with Gasteiger partial charge in [-0.05, 0) is 29.5 Å². The third kappa shape index (κ3) is 4.40. The van der Waals surface area contributed by atoms with E-state index < -0.39 is 11.9 Å². The van der Waals surface area contributed by atoms with E-state index in [0.717, 1.165) is 10.9 Å². The Morgan fingerprint density at radius 2 is 1.93 bits per heavy atom. The number of carbonyl (C=O) groups is 2. The van der Waals surface area contributed by atoms with Crippen molar-refractivity contribution in [1.82, 2.24) is 15.3 Å². The minimum absolute atomic E-state index is 0.00166.